The second-order valence-electron chi connectivity index (χ2n) is 12.9. The first-order valence-electron chi connectivity index (χ1n) is 15.8. The summed E-state index contributed by atoms with van der Waals surface area (Å²) in [6.45, 7) is 4.61. The van der Waals surface area contributed by atoms with Crippen LogP contribution < -0.4 is 15.9 Å². The molecule has 9 rings (SSSR count). The minimum atomic E-state index is -3.07. The van der Waals surface area contributed by atoms with Gasteiger partial charge in [-0.1, -0.05) is 129 Å². The zero-order valence-corrected chi connectivity index (χ0v) is 27.4. The summed E-state index contributed by atoms with van der Waals surface area (Å²) in [5.74, 6) is 0. The Morgan fingerprint density at radius 1 is 0.478 bits per heavy atom. The molecule has 1 aromatic heterocycles. The van der Waals surface area contributed by atoms with Gasteiger partial charge in [-0.3, -0.25) is 0 Å². The van der Waals surface area contributed by atoms with Crippen LogP contribution in [0.25, 0.3) is 53.2 Å². The van der Waals surface area contributed by atoms with Crippen molar-refractivity contribution < 1.29 is 4.57 Å². The molecule has 220 valence electrons. The highest BCUT2D eigenvalue weighted by molar-refractivity contribution is 7.85. The zero-order chi connectivity index (χ0) is 31.0. The van der Waals surface area contributed by atoms with E-state index in [1.807, 2.05) is 72.0 Å². The van der Waals surface area contributed by atoms with Crippen molar-refractivity contribution in [3.05, 3.63) is 163 Å². The molecule has 1 nitrogen and oxygen atoms in total. The second-order valence-corrected chi connectivity index (χ2v) is 16.8. The van der Waals surface area contributed by atoms with E-state index in [0.29, 0.717) is 0 Å². The highest BCUT2D eigenvalue weighted by Crippen LogP contribution is 2.52. The van der Waals surface area contributed by atoms with Gasteiger partial charge in [0.15, 0.2) is 7.14 Å². The minimum absolute atomic E-state index is 0.243. The molecule has 1 aliphatic carbocycles. The number of fused-ring (bicyclic) bond motifs is 7. The topological polar surface area (TPSA) is 17.1 Å². The average molecular weight is 627 g/mol. The Kier molecular flexibility index (Phi) is 6.07. The van der Waals surface area contributed by atoms with Gasteiger partial charge in [0.05, 0.1) is 0 Å². The third-order valence-electron chi connectivity index (χ3n) is 9.93. The predicted octanol–water partition coefficient (Wildman–Crippen LogP) is 10.8. The number of hydrogen-bond donors (Lipinski definition) is 0. The third kappa shape index (κ3) is 4.04. The lowest BCUT2D eigenvalue weighted by Gasteiger charge is -2.25. The van der Waals surface area contributed by atoms with Crippen LogP contribution in [0.2, 0.25) is 0 Å². The van der Waals surface area contributed by atoms with Gasteiger partial charge in [0, 0.05) is 41.5 Å². The summed E-state index contributed by atoms with van der Waals surface area (Å²) < 4.78 is 17.8. The van der Waals surface area contributed by atoms with Gasteiger partial charge in [-0.25, -0.2) is 0 Å². The second kappa shape index (κ2) is 10.1. The molecule has 0 aliphatic heterocycles. The third-order valence-corrected chi connectivity index (χ3v) is 14.1. The minimum Gasteiger partial charge on any atom is -0.309 e. The van der Waals surface area contributed by atoms with Crippen LogP contribution in [0.5, 0.6) is 0 Å². The molecule has 0 saturated carbocycles. The lowest BCUT2D eigenvalue weighted by molar-refractivity contribution is 0.592. The molecule has 0 N–H and O–H groups in total. The molecule has 0 amide bonds. The van der Waals surface area contributed by atoms with Crippen molar-refractivity contribution in [2.45, 2.75) is 19.3 Å². The normalized spacial score (nSPS) is 13.7. The summed E-state index contributed by atoms with van der Waals surface area (Å²) >= 11 is 1.87. The summed E-state index contributed by atoms with van der Waals surface area (Å²) in [6.07, 6.45) is 0. The highest BCUT2D eigenvalue weighted by atomic mass is 32.1. The van der Waals surface area contributed by atoms with Crippen LogP contribution in [0, 0.1) is 0 Å². The summed E-state index contributed by atoms with van der Waals surface area (Å²) in [5, 5.41) is 7.81. The number of benzene rings is 7. The lowest BCUT2D eigenvalue weighted by atomic mass is 9.81. The number of thiophene rings is 1. The van der Waals surface area contributed by atoms with Crippen molar-refractivity contribution in [1.29, 1.82) is 0 Å². The van der Waals surface area contributed by atoms with Crippen LogP contribution in [0.15, 0.2) is 152 Å². The molecule has 0 saturated heterocycles. The van der Waals surface area contributed by atoms with E-state index in [1.54, 1.807) is 0 Å². The molecule has 0 unspecified atom stereocenters. The van der Waals surface area contributed by atoms with E-state index in [1.165, 1.54) is 64.3 Å². The monoisotopic (exact) mass is 626 g/mol. The van der Waals surface area contributed by atoms with Crippen LogP contribution in [0.4, 0.5) is 0 Å². The van der Waals surface area contributed by atoms with E-state index in [9.17, 15) is 0 Å². The first-order valence-corrected chi connectivity index (χ1v) is 18.3. The van der Waals surface area contributed by atoms with Crippen molar-refractivity contribution in [3.63, 3.8) is 0 Å². The molecule has 8 aromatic rings. The van der Waals surface area contributed by atoms with E-state index in [2.05, 4.69) is 105 Å². The van der Waals surface area contributed by atoms with E-state index < -0.39 is 7.14 Å². The van der Waals surface area contributed by atoms with Gasteiger partial charge >= 0.3 is 0 Å². The number of rotatable bonds is 4. The lowest BCUT2D eigenvalue weighted by Crippen LogP contribution is -2.26. The molecule has 3 heteroatoms. The SMILES string of the molecule is CC1(C)c2cc(-c3ccc4sc5cc6ccccc6cc5c4c3)ccc2-c2ccc(P(=O)(c3ccccc3)c3ccccc3)cc21. The van der Waals surface area contributed by atoms with Crippen molar-refractivity contribution in [2.24, 2.45) is 0 Å². The zero-order valence-electron chi connectivity index (χ0n) is 25.7. The summed E-state index contributed by atoms with van der Waals surface area (Å²) in [7, 11) is -3.07. The Labute approximate surface area is 273 Å². The Morgan fingerprint density at radius 3 is 1.72 bits per heavy atom. The van der Waals surface area contributed by atoms with Gasteiger partial charge < -0.3 is 4.57 Å². The fourth-order valence-electron chi connectivity index (χ4n) is 7.47. The predicted molar refractivity (Wildman–Crippen MR) is 199 cm³/mol. The first-order chi connectivity index (χ1) is 22.4. The Balaban J connectivity index is 1.16. The molecular weight excluding hydrogens is 596 g/mol. The van der Waals surface area contributed by atoms with Crippen molar-refractivity contribution >= 4 is 65.3 Å². The Hall–Kier alpha value is -4.75. The standard InChI is InChI=1S/C43H31OPS/c1-43(2)39-25-31(30-18-22-41-37(24-30)38-23-28-11-9-10-12-29(28)26-42(38)46-41)17-20-35(39)36-21-19-34(27-40(36)43)45(44,32-13-5-3-6-14-32)33-15-7-4-8-16-33/h3-27H,1-2H3. The molecule has 0 atom stereocenters. The maximum Gasteiger partial charge on any atom is 0.171 e. The smallest absolute Gasteiger partial charge is 0.171 e. The fourth-order valence-corrected chi connectivity index (χ4v) is 11.3. The summed E-state index contributed by atoms with van der Waals surface area (Å²) in [4.78, 5) is 0. The van der Waals surface area contributed by atoms with Gasteiger partial charge in [-0.2, -0.15) is 0 Å². The highest BCUT2D eigenvalue weighted by Gasteiger charge is 2.38. The molecule has 46 heavy (non-hydrogen) atoms. The van der Waals surface area contributed by atoms with Crippen LogP contribution in [0.1, 0.15) is 25.0 Å². The van der Waals surface area contributed by atoms with E-state index in [0.717, 1.165) is 15.9 Å². The van der Waals surface area contributed by atoms with Gasteiger partial charge in [0.1, 0.15) is 0 Å². The molecule has 7 aromatic carbocycles. The van der Waals surface area contributed by atoms with Gasteiger partial charge in [-0.15, -0.1) is 11.3 Å². The molecule has 0 spiro atoms. The Morgan fingerprint density at radius 2 is 1.02 bits per heavy atom. The van der Waals surface area contributed by atoms with Gasteiger partial charge in [0.2, 0.25) is 0 Å². The van der Waals surface area contributed by atoms with E-state index >= 15 is 4.57 Å². The van der Waals surface area contributed by atoms with Crippen LogP contribution in [0.3, 0.4) is 0 Å². The molecule has 0 bridgehead atoms. The molecule has 0 fully saturated rings. The average Bonchev–Trinajstić information content (AvgIpc) is 3.57. The van der Waals surface area contributed by atoms with Crippen LogP contribution in [-0.4, -0.2) is 0 Å². The van der Waals surface area contributed by atoms with Crippen molar-refractivity contribution in [1.82, 2.24) is 0 Å². The van der Waals surface area contributed by atoms with E-state index in [4.69, 9.17) is 0 Å². The molecular formula is C43H31OPS. The Bertz CT molecular complexity index is 2480. The van der Waals surface area contributed by atoms with Gasteiger partial charge in [-0.05, 0) is 80.6 Å². The summed E-state index contributed by atoms with van der Waals surface area (Å²) in [6, 6.07) is 53.6. The fraction of sp³-hybridized carbons (Fsp3) is 0.0698. The van der Waals surface area contributed by atoms with Crippen LogP contribution >= 0.6 is 18.5 Å². The van der Waals surface area contributed by atoms with Gasteiger partial charge in [0.25, 0.3) is 0 Å². The van der Waals surface area contributed by atoms with Crippen LogP contribution in [-0.2, 0) is 9.98 Å². The van der Waals surface area contributed by atoms with Crippen molar-refractivity contribution in [3.8, 4) is 22.3 Å². The van der Waals surface area contributed by atoms with E-state index in [-0.39, 0.29) is 5.41 Å². The number of hydrogen-bond acceptors (Lipinski definition) is 2. The molecule has 1 aliphatic rings. The maximum atomic E-state index is 15.2. The molecule has 0 radical (unpaired) electrons. The largest absolute Gasteiger partial charge is 0.309 e. The first kappa shape index (κ1) is 27.6. The maximum absolute atomic E-state index is 15.2. The van der Waals surface area contributed by atoms with Crippen molar-refractivity contribution in [2.75, 3.05) is 0 Å². The molecule has 1 heterocycles. The quantitative estimate of drug-likeness (QED) is 0.178. The summed E-state index contributed by atoms with van der Waals surface area (Å²) in [5.41, 5.74) is 7.25.